The van der Waals surface area contributed by atoms with E-state index in [2.05, 4.69) is 15.0 Å². The summed E-state index contributed by atoms with van der Waals surface area (Å²) in [5, 5.41) is 0. The zero-order chi connectivity index (χ0) is 31.8. The second-order valence-corrected chi connectivity index (χ2v) is 12.0. The van der Waals surface area contributed by atoms with Crippen LogP contribution in [0.3, 0.4) is 0 Å². The van der Waals surface area contributed by atoms with Crippen LogP contribution >= 0.6 is 0 Å². The molecule has 5 rings (SSSR count). The average Bonchev–Trinajstić information content (AvgIpc) is 3.44. The minimum Gasteiger partial charge on any atom is -0.490 e. The van der Waals surface area contributed by atoms with E-state index in [0.717, 1.165) is 46.8 Å². The van der Waals surface area contributed by atoms with E-state index >= 15 is 0 Å². The predicted octanol–water partition coefficient (Wildman–Crippen LogP) is 5.72. The first-order valence-corrected chi connectivity index (χ1v) is 14.4. The molecule has 1 amide bonds. The lowest BCUT2D eigenvalue weighted by Gasteiger charge is -2.28. The molecule has 0 radical (unpaired) electrons. The maximum absolute atomic E-state index is 13.7. The van der Waals surface area contributed by atoms with Gasteiger partial charge in [-0.15, -0.1) is 0 Å². The van der Waals surface area contributed by atoms with Crippen LogP contribution in [-0.2, 0) is 24.0 Å². The molecule has 2 heterocycles. The van der Waals surface area contributed by atoms with Crippen molar-refractivity contribution in [2.45, 2.75) is 84.3 Å². The zero-order valence-corrected chi connectivity index (χ0v) is 25.0. The Balaban J connectivity index is 1.46. The first-order valence-electron chi connectivity index (χ1n) is 14.4. The normalized spacial score (nSPS) is 14.3. The highest BCUT2D eigenvalue weighted by Crippen LogP contribution is 2.33. The van der Waals surface area contributed by atoms with E-state index in [-0.39, 0.29) is 35.9 Å². The van der Waals surface area contributed by atoms with Gasteiger partial charge < -0.3 is 14.4 Å². The lowest BCUT2D eigenvalue weighted by molar-refractivity contribution is -0.138. The van der Waals surface area contributed by atoms with Gasteiger partial charge in [-0.25, -0.2) is 19.6 Å². The SMILES string of the molecule is Cc1cc2nc3c(=O)n(CCN(Cc4ccccc4C(F)(F)F)C(=O)OC(C)(C)C)c(=O)[nH]c3nc2cc1OC1CCCC1. The summed E-state index contributed by atoms with van der Waals surface area (Å²) in [4.78, 5) is 52.1. The van der Waals surface area contributed by atoms with Gasteiger partial charge in [0.25, 0.3) is 5.56 Å². The summed E-state index contributed by atoms with van der Waals surface area (Å²) in [5.41, 5.74) is -1.94. The number of rotatable bonds is 7. The van der Waals surface area contributed by atoms with Crippen molar-refractivity contribution in [1.82, 2.24) is 24.4 Å². The van der Waals surface area contributed by atoms with Crippen LogP contribution in [0, 0.1) is 6.92 Å². The molecule has 4 aromatic rings. The zero-order valence-electron chi connectivity index (χ0n) is 25.0. The number of aryl methyl sites for hydroxylation is 1. The Labute approximate surface area is 250 Å². The first-order chi connectivity index (χ1) is 20.7. The Morgan fingerprint density at radius 2 is 1.75 bits per heavy atom. The maximum atomic E-state index is 13.7. The predicted molar refractivity (Wildman–Crippen MR) is 158 cm³/mol. The number of halogens is 3. The van der Waals surface area contributed by atoms with E-state index in [1.807, 2.05) is 6.92 Å². The van der Waals surface area contributed by atoms with Gasteiger partial charge in [0, 0.05) is 25.7 Å². The Bertz CT molecular complexity index is 1820. The fraction of sp³-hybridized carbons (Fsp3) is 0.452. The Kier molecular flexibility index (Phi) is 8.41. The van der Waals surface area contributed by atoms with E-state index < -0.39 is 41.2 Å². The van der Waals surface area contributed by atoms with Gasteiger partial charge in [0.05, 0.1) is 22.7 Å². The van der Waals surface area contributed by atoms with E-state index in [0.29, 0.717) is 16.8 Å². The van der Waals surface area contributed by atoms with Gasteiger partial charge in [-0.05, 0) is 76.6 Å². The Hall–Kier alpha value is -4.42. The highest BCUT2D eigenvalue weighted by atomic mass is 19.4. The molecule has 0 aliphatic heterocycles. The van der Waals surface area contributed by atoms with Crippen LogP contribution in [0.4, 0.5) is 18.0 Å². The van der Waals surface area contributed by atoms with Crippen LogP contribution in [0.1, 0.15) is 63.1 Å². The summed E-state index contributed by atoms with van der Waals surface area (Å²) >= 11 is 0. The van der Waals surface area contributed by atoms with Gasteiger partial charge in [-0.3, -0.25) is 14.3 Å². The van der Waals surface area contributed by atoms with Crippen LogP contribution in [0.2, 0.25) is 0 Å². The van der Waals surface area contributed by atoms with Crippen molar-refractivity contribution in [2.75, 3.05) is 6.54 Å². The lowest BCUT2D eigenvalue weighted by atomic mass is 10.1. The van der Waals surface area contributed by atoms with Crippen molar-refractivity contribution >= 4 is 28.3 Å². The molecule has 1 aliphatic carbocycles. The molecule has 1 N–H and O–H groups in total. The maximum Gasteiger partial charge on any atom is 0.416 e. The number of amides is 1. The third-order valence-corrected chi connectivity index (χ3v) is 7.40. The number of hydrogen-bond donors (Lipinski definition) is 1. The number of aromatic amines is 1. The first kappa shape index (κ1) is 31.0. The number of nitrogens with one attached hydrogen (secondary N) is 1. The Morgan fingerprint density at radius 1 is 1.07 bits per heavy atom. The summed E-state index contributed by atoms with van der Waals surface area (Å²) in [6.45, 7) is 5.67. The molecule has 0 bridgehead atoms. The molecule has 10 nitrogen and oxygen atoms in total. The van der Waals surface area contributed by atoms with E-state index in [9.17, 15) is 27.6 Å². The molecular formula is C31H34F3N5O5. The number of nitrogens with zero attached hydrogens (tertiary/aromatic N) is 4. The standard InChI is InChI=1S/C31H34F3N5O5/c1-18-15-22-23(16-24(18)43-20-10-6-7-11-20)36-26-25(35-22)27(40)39(28(41)37-26)14-13-38(29(42)44-30(2,3)4)17-19-9-5-8-12-21(19)31(32,33)34/h5,8-9,12,15-16,20H,6-7,10-11,13-14,17H2,1-4H3,(H,36,37,41). The third kappa shape index (κ3) is 6.87. The molecule has 0 saturated heterocycles. The van der Waals surface area contributed by atoms with Crippen molar-refractivity contribution in [2.24, 2.45) is 0 Å². The van der Waals surface area contributed by atoms with Crippen molar-refractivity contribution in [3.63, 3.8) is 0 Å². The number of hydrogen-bond acceptors (Lipinski definition) is 7. The van der Waals surface area contributed by atoms with Gasteiger partial charge in [0.15, 0.2) is 11.2 Å². The smallest absolute Gasteiger partial charge is 0.416 e. The molecule has 1 fully saturated rings. The number of ether oxygens (including phenoxy) is 2. The highest BCUT2D eigenvalue weighted by Gasteiger charge is 2.34. The van der Waals surface area contributed by atoms with E-state index in [1.54, 1.807) is 32.9 Å². The molecule has 0 atom stereocenters. The van der Waals surface area contributed by atoms with E-state index in [1.165, 1.54) is 18.2 Å². The highest BCUT2D eigenvalue weighted by molar-refractivity contribution is 5.85. The number of carbonyl (C=O) groups excluding carboxylic acids is 1. The van der Waals surface area contributed by atoms with Crippen molar-refractivity contribution in [1.29, 1.82) is 0 Å². The molecule has 2 aromatic heterocycles. The minimum atomic E-state index is -4.65. The topological polar surface area (TPSA) is 119 Å². The number of carbonyl (C=O) groups is 1. The summed E-state index contributed by atoms with van der Waals surface area (Å²) in [6, 6.07) is 8.40. The van der Waals surface area contributed by atoms with Crippen LogP contribution < -0.4 is 16.0 Å². The number of aromatic nitrogens is 4. The second-order valence-electron chi connectivity index (χ2n) is 12.0. The molecule has 0 unspecified atom stereocenters. The summed E-state index contributed by atoms with van der Waals surface area (Å²) in [5.74, 6) is 0.670. The van der Waals surface area contributed by atoms with Gasteiger partial charge in [0.2, 0.25) is 0 Å². The largest absolute Gasteiger partial charge is 0.490 e. The summed E-state index contributed by atoms with van der Waals surface area (Å²) < 4.78 is 53.5. The molecule has 0 spiro atoms. The van der Waals surface area contributed by atoms with Crippen LogP contribution in [-0.4, -0.2) is 48.8 Å². The van der Waals surface area contributed by atoms with Crippen molar-refractivity contribution in [3.8, 4) is 5.75 Å². The number of benzene rings is 2. The second kappa shape index (κ2) is 11.9. The molecule has 44 heavy (non-hydrogen) atoms. The van der Waals surface area contributed by atoms with Crippen molar-refractivity contribution < 1.29 is 27.4 Å². The molecule has 1 saturated carbocycles. The molecule has 2 aromatic carbocycles. The van der Waals surface area contributed by atoms with Crippen molar-refractivity contribution in [3.05, 3.63) is 73.9 Å². The average molecular weight is 614 g/mol. The molecule has 13 heteroatoms. The van der Waals surface area contributed by atoms with E-state index in [4.69, 9.17) is 9.47 Å². The van der Waals surface area contributed by atoms with Crippen LogP contribution in [0.15, 0.2) is 46.0 Å². The van der Waals surface area contributed by atoms with Gasteiger partial charge in [0.1, 0.15) is 11.4 Å². The Morgan fingerprint density at radius 3 is 2.43 bits per heavy atom. The number of fused-ring (bicyclic) bond motifs is 2. The molecule has 234 valence electrons. The quantitative estimate of drug-likeness (QED) is 0.265. The minimum absolute atomic E-state index is 0.0116. The molecule has 1 aliphatic rings. The monoisotopic (exact) mass is 613 g/mol. The number of alkyl halides is 3. The van der Waals surface area contributed by atoms with Crippen LogP contribution in [0.5, 0.6) is 5.75 Å². The third-order valence-electron chi connectivity index (χ3n) is 7.40. The van der Waals surface area contributed by atoms with Gasteiger partial charge in [-0.2, -0.15) is 13.2 Å². The summed E-state index contributed by atoms with van der Waals surface area (Å²) in [6.07, 6.45) is -1.21. The lowest BCUT2D eigenvalue weighted by Crippen LogP contribution is -2.42. The fourth-order valence-electron chi connectivity index (χ4n) is 5.25. The van der Waals surface area contributed by atoms with Crippen LogP contribution in [0.25, 0.3) is 22.2 Å². The number of H-pyrrole nitrogens is 1. The summed E-state index contributed by atoms with van der Waals surface area (Å²) in [7, 11) is 0. The fourth-order valence-corrected chi connectivity index (χ4v) is 5.25. The van der Waals surface area contributed by atoms with Gasteiger partial charge >= 0.3 is 18.0 Å². The molecular weight excluding hydrogens is 579 g/mol. The van der Waals surface area contributed by atoms with Gasteiger partial charge in [-0.1, -0.05) is 18.2 Å².